The van der Waals surface area contributed by atoms with E-state index in [4.69, 9.17) is 11.5 Å². The molecule has 2 aromatic rings. The van der Waals surface area contributed by atoms with E-state index in [1.807, 2.05) is 38.1 Å². The number of aromatic nitrogens is 1. The summed E-state index contributed by atoms with van der Waals surface area (Å²) in [4.78, 5) is 40.4. The number of guanidine groups is 1. The van der Waals surface area contributed by atoms with Crippen molar-refractivity contribution in [2.24, 2.45) is 16.5 Å². The number of hydrogen-bond donors (Lipinski definition) is 4. The van der Waals surface area contributed by atoms with E-state index >= 15 is 0 Å². The van der Waals surface area contributed by atoms with Gasteiger partial charge in [-0.2, -0.15) is 0 Å². The molecule has 0 saturated heterocycles. The molecule has 0 fully saturated rings. The predicted molar refractivity (Wildman–Crippen MR) is 124 cm³/mol. The van der Waals surface area contributed by atoms with E-state index in [-0.39, 0.29) is 31.0 Å². The zero-order valence-electron chi connectivity index (χ0n) is 17.5. The first-order chi connectivity index (χ1) is 14.8. The number of carbonyl (C=O) groups is 2. The molecule has 1 atom stereocenters. The highest BCUT2D eigenvalue weighted by Gasteiger charge is 2.22. The Morgan fingerprint density at radius 2 is 1.94 bits per heavy atom. The minimum atomic E-state index is -1.20. The molecule has 1 aromatic heterocycles. The van der Waals surface area contributed by atoms with E-state index in [2.05, 4.69) is 26.2 Å². The van der Waals surface area contributed by atoms with Gasteiger partial charge in [-0.15, -0.1) is 0 Å². The van der Waals surface area contributed by atoms with Gasteiger partial charge < -0.3 is 26.5 Å². The molecule has 0 saturated carbocycles. The zero-order chi connectivity index (χ0) is 23.4. The van der Waals surface area contributed by atoms with Gasteiger partial charge in [-0.25, -0.2) is 4.79 Å². The second kappa shape index (κ2) is 13.2. The van der Waals surface area contributed by atoms with Gasteiger partial charge in [0.1, 0.15) is 11.6 Å². The van der Waals surface area contributed by atoms with Gasteiger partial charge in [-0.1, -0.05) is 41.9 Å². The van der Waals surface area contributed by atoms with Crippen molar-refractivity contribution in [2.45, 2.75) is 39.3 Å². The summed E-state index contributed by atoms with van der Waals surface area (Å²) in [7, 11) is 0. The summed E-state index contributed by atoms with van der Waals surface area (Å²) < 4.78 is 2.27. The van der Waals surface area contributed by atoms with Gasteiger partial charge in [0.25, 0.3) is 11.5 Å². The maximum Gasteiger partial charge on any atom is 0.326 e. The van der Waals surface area contributed by atoms with Crippen molar-refractivity contribution in [3.8, 4) is 0 Å². The molecule has 0 spiro atoms. The molecule has 0 radical (unpaired) electrons. The molecular formula is C21H28BrN5O4. The fourth-order valence-electron chi connectivity index (χ4n) is 2.66. The van der Waals surface area contributed by atoms with Crippen LogP contribution in [0.5, 0.6) is 0 Å². The van der Waals surface area contributed by atoms with Crippen LogP contribution in [0.1, 0.15) is 42.6 Å². The van der Waals surface area contributed by atoms with E-state index in [1.165, 1.54) is 10.6 Å². The van der Waals surface area contributed by atoms with E-state index in [0.717, 1.165) is 10.0 Å². The first-order valence-electron chi connectivity index (χ1n) is 9.81. The molecule has 0 aliphatic carbocycles. The molecular weight excluding hydrogens is 466 g/mol. The number of aliphatic imine (C=N–C) groups is 1. The van der Waals surface area contributed by atoms with Gasteiger partial charge >= 0.3 is 5.97 Å². The van der Waals surface area contributed by atoms with Gasteiger partial charge in [0.15, 0.2) is 5.96 Å². The second-order valence-corrected chi connectivity index (χ2v) is 7.21. The molecule has 0 aliphatic heterocycles. The van der Waals surface area contributed by atoms with Crippen LogP contribution in [0, 0.1) is 0 Å². The second-order valence-electron chi connectivity index (χ2n) is 6.30. The van der Waals surface area contributed by atoms with Crippen LogP contribution in [0.15, 0.2) is 56.9 Å². The van der Waals surface area contributed by atoms with Crippen LogP contribution in [-0.2, 0) is 11.3 Å². The van der Waals surface area contributed by atoms with Crippen LogP contribution >= 0.6 is 15.9 Å². The summed E-state index contributed by atoms with van der Waals surface area (Å²) in [6, 6.07) is 9.23. The minimum Gasteiger partial charge on any atom is -0.480 e. The average molecular weight is 494 g/mol. The number of hydrogen-bond acceptors (Lipinski definition) is 4. The van der Waals surface area contributed by atoms with Crippen LogP contribution in [-0.4, -0.2) is 40.1 Å². The number of amides is 1. The first-order valence-corrected chi connectivity index (χ1v) is 10.6. The molecule has 168 valence electrons. The fraction of sp³-hybridized carbons (Fsp3) is 0.333. The molecule has 1 unspecified atom stereocenters. The van der Waals surface area contributed by atoms with E-state index < -0.39 is 23.5 Å². The van der Waals surface area contributed by atoms with Crippen LogP contribution in [0.4, 0.5) is 0 Å². The lowest BCUT2D eigenvalue weighted by molar-refractivity contribution is -0.139. The third kappa shape index (κ3) is 8.63. The van der Waals surface area contributed by atoms with Crippen LogP contribution in [0.2, 0.25) is 0 Å². The molecule has 31 heavy (non-hydrogen) atoms. The SMILES string of the molecule is CC.NC(N)=NCCCC(NC(=O)c1cccn(Cc2cccc(Br)c2)c1=O)C(=O)O. The average Bonchev–Trinajstić information content (AvgIpc) is 2.73. The summed E-state index contributed by atoms with van der Waals surface area (Å²) in [6.07, 6.45) is 2.05. The highest BCUT2D eigenvalue weighted by Crippen LogP contribution is 2.12. The quantitative estimate of drug-likeness (QED) is 0.237. The third-order valence-corrected chi connectivity index (χ3v) is 4.55. The maximum atomic E-state index is 12.7. The van der Waals surface area contributed by atoms with Crippen LogP contribution < -0.4 is 22.3 Å². The highest BCUT2D eigenvalue weighted by atomic mass is 79.9. The number of pyridine rings is 1. The highest BCUT2D eigenvalue weighted by molar-refractivity contribution is 9.10. The molecule has 6 N–H and O–H groups in total. The Morgan fingerprint density at radius 1 is 1.23 bits per heavy atom. The van der Waals surface area contributed by atoms with Gasteiger partial charge in [0, 0.05) is 17.2 Å². The number of halogens is 1. The monoisotopic (exact) mass is 493 g/mol. The number of carboxylic acids is 1. The number of benzene rings is 1. The van der Waals surface area contributed by atoms with Crippen molar-refractivity contribution < 1.29 is 14.7 Å². The number of nitrogens with zero attached hydrogens (tertiary/aromatic N) is 2. The summed E-state index contributed by atoms with van der Waals surface area (Å²) in [5, 5.41) is 11.7. The van der Waals surface area contributed by atoms with E-state index in [9.17, 15) is 19.5 Å². The normalized spacial score (nSPS) is 10.9. The van der Waals surface area contributed by atoms with Crippen molar-refractivity contribution in [3.63, 3.8) is 0 Å². The summed E-state index contributed by atoms with van der Waals surface area (Å²) >= 11 is 3.38. The van der Waals surface area contributed by atoms with Crippen molar-refractivity contribution in [1.29, 1.82) is 0 Å². The Hall–Kier alpha value is -3.14. The maximum absolute atomic E-state index is 12.7. The molecule has 1 heterocycles. The largest absolute Gasteiger partial charge is 0.480 e. The van der Waals surface area contributed by atoms with Crippen molar-refractivity contribution in [3.05, 3.63) is 68.5 Å². The third-order valence-electron chi connectivity index (χ3n) is 4.06. The number of nitrogens with two attached hydrogens (primary N) is 2. The molecule has 10 heteroatoms. The fourth-order valence-corrected chi connectivity index (χ4v) is 3.11. The van der Waals surface area contributed by atoms with Gasteiger partial charge in [-0.05, 0) is 42.7 Å². The number of carboxylic acid groups (broad SMARTS) is 1. The predicted octanol–water partition coefficient (Wildman–Crippen LogP) is 1.92. The Kier molecular flexibility index (Phi) is 11.0. The molecule has 0 bridgehead atoms. The molecule has 1 aromatic carbocycles. The summed E-state index contributed by atoms with van der Waals surface area (Å²) in [5.74, 6) is -2.03. The summed E-state index contributed by atoms with van der Waals surface area (Å²) in [5.41, 5.74) is 10.7. The molecule has 2 rings (SSSR count). The number of nitrogens with one attached hydrogen (secondary N) is 1. The Bertz CT molecular complexity index is 970. The Morgan fingerprint density at radius 3 is 2.55 bits per heavy atom. The first kappa shape index (κ1) is 25.9. The van der Waals surface area contributed by atoms with Crippen LogP contribution in [0.3, 0.4) is 0 Å². The lowest BCUT2D eigenvalue weighted by Gasteiger charge is -2.14. The van der Waals surface area contributed by atoms with Crippen molar-refractivity contribution in [2.75, 3.05) is 6.54 Å². The van der Waals surface area contributed by atoms with Crippen LogP contribution in [0.25, 0.3) is 0 Å². The lowest BCUT2D eigenvalue weighted by Crippen LogP contribution is -2.43. The number of rotatable bonds is 9. The van der Waals surface area contributed by atoms with Crippen molar-refractivity contribution >= 4 is 33.8 Å². The molecule has 9 nitrogen and oxygen atoms in total. The Balaban J connectivity index is 0.00000233. The smallest absolute Gasteiger partial charge is 0.326 e. The molecule has 0 aliphatic rings. The summed E-state index contributed by atoms with van der Waals surface area (Å²) in [6.45, 7) is 4.52. The van der Waals surface area contributed by atoms with Gasteiger partial charge in [-0.3, -0.25) is 14.6 Å². The number of carbonyl (C=O) groups excluding carboxylic acids is 1. The van der Waals surface area contributed by atoms with Crippen molar-refractivity contribution in [1.82, 2.24) is 9.88 Å². The van der Waals surface area contributed by atoms with E-state index in [1.54, 1.807) is 12.3 Å². The standard InChI is InChI=1S/C19H22BrN5O4.C2H6/c20-13-5-1-4-12(10-13)11-25-9-3-6-14(17(25)27)16(26)24-15(18(28)29)7-2-8-23-19(21)22;1-2/h1,3-6,9-10,15H,2,7-8,11H2,(H,24,26)(H,28,29)(H4,21,22,23);1-2H3. The lowest BCUT2D eigenvalue weighted by atomic mass is 10.1. The van der Waals surface area contributed by atoms with Gasteiger partial charge in [0.05, 0.1) is 6.54 Å². The van der Waals surface area contributed by atoms with E-state index in [0.29, 0.717) is 6.42 Å². The minimum absolute atomic E-state index is 0.0869. The zero-order valence-corrected chi connectivity index (χ0v) is 19.1. The molecule has 1 amide bonds. The topological polar surface area (TPSA) is 153 Å². The number of aliphatic carboxylic acids is 1. The Labute approximate surface area is 189 Å². The van der Waals surface area contributed by atoms with Gasteiger partial charge in [0.2, 0.25) is 0 Å².